The minimum absolute atomic E-state index is 0.118. The van der Waals surface area contributed by atoms with Crippen LogP contribution in [0.3, 0.4) is 0 Å². The topological polar surface area (TPSA) is 72.6 Å². The Kier molecular flexibility index (Phi) is 5.02. The maximum Gasteiger partial charge on any atom is 0.228 e. The summed E-state index contributed by atoms with van der Waals surface area (Å²) in [6.45, 7) is 1.97. The van der Waals surface area contributed by atoms with Gasteiger partial charge in [0.1, 0.15) is 0 Å². The number of hydrogen-bond acceptors (Lipinski definition) is 4. The Morgan fingerprint density at radius 2 is 1.69 bits per heavy atom. The fourth-order valence-electron chi connectivity index (χ4n) is 3.08. The zero-order valence-electron chi connectivity index (χ0n) is 15.3. The highest BCUT2D eigenvalue weighted by Gasteiger charge is 2.16. The van der Waals surface area contributed by atoms with Crippen LogP contribution in [0.2, 0.25) is 0 Å². The maximum atomic E-state index is 12.6. The summed E-state index contributed by atoms with van der Waals surface area (Å²) in [5.74, 6) is 1.35. The molecule has 0 saturated carbocycles. The molecule has 26 heavy (non-hydrogen) atoms. The molecule has 0 unspecified atom stereocenters. The number of H-pyrrole nitrogens is 1. The first-order valence-electron chi connectivity index (χ1n) is 8.23. The molecule has 0 atom stereocenters. The van der Waals surface area contributed by atoms with Crippen LogP contribution in [0.25, 0.3) is 10.9 Å². The van der Waals surface area contributed by atoms with Crippen molar-refractivity contribution in [1.29, 1.82) is 0 Å². The monoisotopic (exact) mass is 354 g/mol. The number of para-hydroxylation sites is 1. The van der Waals surface area contributed by atoms with Gasteiger partial charge in [0, 0.05) is 34.4 Å². The van der Waals surface area contributed by atoms with Crippen LogP contribution in [0.4, 0.5) is 5.69 Å². The van der Waals surface area contributed by atoms with Crippen molar-refractivity contribution in [1.82, 2.24) is 4.98 Å². The first kappa shape index (κ1) is 17.7. The predicted molar refractivity (Wildman–Crippen MR) is 101 cm³/mol. The number of benzene rings is 2. The summed E-state index contributed by atoms with van der Waals surface area (Å²) in [6, 6.07) is 11.4. The van der Waals surface area contributed by atoms with E-state index in [-0.39, 0.29) is 12.3 Å². The number of hydrogen-bond donors (Lipinski definition) is 2. The van der Waals surface area contributed by atoms with E-state index in [1.807, 2.05) is 31.2 Å². The van der Waals surface area contributed by atoms with Crippen molar-refractivity contribution in [3.05, 3.63) is 47.7 Å². The molecule has 3 aromatic rings. The molecule has 1 amide bonds. The molecule has 0 spiro atoms. The van der Waals surface area contributed by atoms with Gasteiger partial charge in [0.15, 0.2) is 11.5 Å². The number of nitrogens with one attached hydrogen (secondary N) is 2. The molecule has 0 bridgehead atoms. The first-order chi connectivity index (χ1) is 12.6. The normalized spacial score (nSPS) is 10.6. The van der Waals surface area contributed by atoms with Crippen molar-refractivity contribution in [2.24, 2.45) is 0 Å². The first-order valence-corrected chi connectivity index (χ1v) is 8.23. The molecular formula is C20H22N2O4. The van der Waals surface area contributed by atoms with Crippen molar-refractivity contribution in [3.8, 4) is 17.2 Å². The highest BCUT2D eigenvalue weighted by atomic mass is 16.5. The largest absolute Gasteiger partial charge is 0.493 e. The molecule has 0 aliphatic heterocycles. The van der Waals surface area contributed by atoms with E-state index in [1.54, 1.807) is 19.2 Å². The minimum atomic E-state index is -0.118. The van der Waals surface area contributed by atoms with Gasteiger partial charge >= 0.3 is 0 Å². The fourth-order valence-corrected chi connectivity index (χ4v) is 3.08. The number of carbonyl (C=O) groups excluding carboxylic acids is 1. The smallest absolute Gasteiger partial charge is 0.228 e. The van der Waals surface area contributed by atoms with E-state index in [2.05, 4.69) is 10.3 Å². The Hall–Kier alpha value is -3.15. The highest BCUT2D eigenvalue weighted by molar-refractivity contribution is 5.96. The summed E-state index contributed by atoms with van der Waals surface area (Å²) in [7, 11) is 4.62. The standard InChI is InChI=1S/C20H22N2O4/c1-12-15(14-7-5-6-8-16(14)21-12)11-19(23)22-13-9-17(24-2)20(26-4)18(10-13)25-3/h5-10,21H,11H2,1-4H3,(H,22,23). The van der Waals surface area contributed by atoms with Crippen molar-refractivity contribution >= 4 is 22.5 Å². The Bertz CT molecular complexity index is 921. The molecular weight excluding hydrogens is 332 g/mol. The number of fused-ring (bicyclic) bond motifs is 1. The van der Waals surface area contributed by atoms with Crippen LogP contribution in [-0.4, -0.2) is 32.2 Å². The SMILES string of the molecule is COc1cc(NC(=O)Cc2c(C)[nH]c3ccccc23)cc(OC)c1OC. The summed E-state index contributed by atoms with van der Waals surface area (Å²) in [5, 5.41) is 3.96. The van der Waals surface area contributed by atoms with Gasteiger partial charge in [-0.25, -0.2) is 0 Å². The van der Waals surface area contributed by atoms with E-state index in [0.29, 0.717) is 22.9 Å². The molecule has 2 N–H and O–H groups in total. The molecule has 0 aliphatic carbocycles. The van der Waals surface area contributed by atoms with Gasteiger partial charge < -0.3 is 24.5 Å². The number of amides is 1. The van der Waals surface area contributed by atoms with Gasteiger partial charge in [-0.3, -0.25) is 4.79 Å². The van der Waals surface area contributed by atoms with Crippen LogP contribution in [-0.2, 0) is 11.2 Å². The maximum absolute atomic E-state index is 12.6. The lowest BCUT2D eigenvalue weighted by atomic mass is 10.1. The quantitative estimate of drug-likeness (QED) is 0.708. The third-order valence-corrected chi connectivity index (χ3v) is 4.31. The third-order valence-electron chi connectivity index (χ3n) is 4.31. The lowest BCUT2D eigenvalue weighted by Gasteiger charge is -2.14. The highest BCUT2D eigenvalue weighted by Crippen LogP contribution is 2.40. The van der Waals surface area contributed by atoms with E-state index in [4.69, 9.17) is 14.2 Å². The molecule has 136 valence electrons. The zero-order chi connectivity index (χ0) is 18.7. The summed E-state index contributed by atoms with van der Waals surface area (Å²) in [6.07, 6.45) is 0.270. The second-order valence-electron chi connectivity index (χ2n) is 5.91. The molecule has 0 saturated heterocycles. The molecule has 0 fully saturated rings. The predicted octanol–water partition coefficient (Wildman–Crippen LogP) is 3.68. The Morgan fingerprint density at radius 3 is 2.31 bits per heavy atom. The number of anilines is 1. The van der Waals surface area contributed by atoms with E-state index in [0.717, 1.165) is 22.2 Å². The Morgan fingerprint density at radius 1 is 1.04 bits per heavy atom. The second kappa shape index (κ2) is 7.39. The average Bonchev–Trinajstić information content (AvgIpc) is 2.96. The van der Waals surface area contributed by atoms with Crippen LogP contribution in [0, 0.1) is 6.92 Å². The van der Waals surface area contributed by atoms with Crippen molar-refractivity contribution in [2.45, 2.75) is 13.3 Å². The van der Waals surface area contributed by atoms with Crippen LogP contribution >= 0.6 is 0 Å². The van der Waals surface area contributed by atoms with Gasteiger partial charge in [-0.2, -0.15) is 0 Å². The van der Waals surface area contributed by atoms with Crippen molar-refractivity contribution in [2.75, 3.05) is 26.6 Å². The number of aromatic amines is 1. The number of aryl methyl sites for hydroxylation is 1. The van der Waals surface area contributed by atoms with Gasteiger partial charge in [0.2, 0.25) is 11.7 Å². The minimum Gasteiger partial charge on any atom is -0.493 e. The summed E-state index contributed by atoms with van der Waals surface area (Å²) < 4.78 is 15.9. The number of ether oxygens (including phenoxy) is 3. The Labute approximate surface area is 152 Å². The van der Waals surface area contributed by atoms with Gasteiger partial charge in [-0.05, 0) is 18.6 Å². The van der Waals surface area contributed by atoms with Gasteiger partial charge in [-0.15, -0.1) is 0 Å². The summed E-state index contributed by atoms with van der Waals surface area (Å²) >= 11 is 0. The van der Waals surface area contributed by atoms with Crippen LogP contribution in [0.5, 0.6) is 17.2 Å². The number of methoxy groups -OCH3 is 3. The van der Waals surface area contributed by atoms with Gasteiger partial charge in [0.25, 0.3) is 0 Å². The Balaban J connectivity index is 1.85. The molecule has 3 rings (SSSR count). The van der Waals surface area contributed by atoms with Crippen LogP contribution in [0.1, 0.15) is 11.3 Å². The molecule has 0 aliphatic rings. The van der Waals surface area contributed by atoms with Gasteiger partial charge in [0.05, 0.1) is 27.8 Å². The van der Waals surface area contributed by atoms with Crippen LogP contribution < -0.4 is 19.5 Å². The van der Waals surface area contributed by atoms with Gasteiger partial charge in [-0.1, -0.05) is 18.2 Å². The second-order valence-corrected chi connectivity index (χ2v) is 5.91. The summed E-state index contributed by atoms with van der Waals surface area (Å²) in [4.78, 5) is 15.9. The molecule has 2 aromatic carbocycles. The zero-order valence-corrected chi connectivity index (χ0v) is 15.3. The van der Waals surface area contributed by atoms with Crippen molar-refractivity contribution < 1.29 is 19.0 Å². The molecule has 6 nitrogen and oxygen atoms in total. The fraction of sp³-hybridized carbons (Fsp3) is 0.250. The van der Waals surface area contributed by atoms with E-state index in [1.165, 1.54) is 14.2 Å². The molecule has 1 aromatic heterocycles. The summed E-state index contributed by atoms with van der Waals surface area (Å²) in [5.41, 5.74) is 3.60. The lowest BCUT2D eigenvalue weighted by molar-refractivity contribution is -0.115. The van der Waals surface area contributed by atoms with E-state index >= 15 is 0 Å². The van der Waals surface area contributed by atoms with Crippen LogP contribution in [0.15, 0.2) is 36.4 Å². The number of rotatable bonds is 6. The number of carbonyl (C=O) groups is 1. The average molecular weight is 354 g/mol. The molecule has 6 heteroatoms. The van der Waals surface area contributed by atoms with E-state index in [9.17, 15) is 4.79 Å². The van der Waals surface area contributed by atoms with E-state index < -0.39 is 0 Å². The third kappa shape index (κ3) is 3.31. The molecule has 0 radical (unpaired) electrons. The lowest BCUT2D eigenvalue weighted by Crippen LogP contribution is -2.15. The van der Waals surface area contributed by atoms with Crippen molar-refractivity contribution in [3.63, 3.8) is 0 Å². The number of aromatic nitrogens is 1. The molecule has 1 heterocycles.